The van der Waals surface area contributed by atoms with E-state index in [2.05, 4.69) is 20.4 Å². The molecule has 0 saturated carbocycles. The van der Waals surface area contributed by atoms with Gasteiger partial charge in [0.05, 0.1) is 16.2 Å². The van der Waals surface area contributed by atoms with Crippen molar-refractivity contribution in [3.8, 4) is 0 Å². The molecule has 0 aromatic heterocycles. The number of piperazine rings is 1. The van der Waals surface area contributed by atoms with Gasteiger partial charge in [0.15, 0.2) is 0 Å². The molecule has 160 valence electrons. The molecule has 2 N–H and O–H groups in total. The number of hydrogen-bond acceptors (Lipinski definition) is 6. The van der Waals surface area contributed by atoms with E-state index in [1.807, 2.05) is 12.1 Å². The molecule has 9 heteroatoms. The number of halogens is 1. The summed E-state index contributed by atoms with van der Waals surface area (Å²) in [5, 5.41) is 16.7. The van der Waals surface area contributed by atoms with Crippen LogP contribution in [0.2, 0.25) is 0 Å². The molecule has 0 atom stereocenters. The van der Waals surface area contributed by atoms with Gasteiger partial charge in [0.1, 0.15) is 5.82 Å². The molecule has 2 aromatic rings. The van der Waals surface area contributed by atoms with Gasteiger partial charge < -0.3 is 15.5 Å². The molecule has 1 amide bonds. The molecule has 8 nitrogen and oxygen atoms in total. The van der Waals surface area contributed by atoms with Gasteiger partial charge in [-0.25, -0.2) is 4.39 Å². The van der Waals surface area contributed by atoms with Crippen LogP contribution in [0.5, 0.6) is 0 Å². The summed E-state index contributed by atoms with van der Waals surface area (Å²) in [7, 11) is 1.49. The van der Waals surface area contributed by atoms with E-state index >= 15 is 0 Å². The topological polar surface area (TPSA) is 90.7 Å². The normalized spacial score (nSPS) is 14.4. The molecule has 1 fully saturated rings. The average Bonchev–Trinajstić information content (AvgIpc) is 2.77. The van der Waals surface area contributed by atoms with E-state index in [-0.39, 0.29) is 23.0 Å². The van der Waals surface area contributed by atoms with E-state index in [0.717, 1.165) is 39.1 Å². The molecule has 0 spiro atoms. The lowest BCUT2D eigenvalue weighted by molar-refractivity contribution is -0.384. The maximum atomic E-state index is 13.9. The van der Waals surface area contributed by atoms with Crippen molar-refractivity contribution in [1.82, 2.24) is 10.2 Å². The third kappa shape index (κ3) is 5.24. The lowest BCUT2D eigenvalue weighted by Gasteiger charge is -2.36. The Hall–Kier alpha value is -3.20. The van der Waals surface area contributed by atoms with E-state index in [1.165, 1.54) is 25.2 Å². The van der Waals surface area contributed by atoms with E-state index in [0.29, 0.717) is 17.9 Å². The van der Waals surface area contributed by atoms with Crippen molar-refractivity contribution in [2.24, 2.45) is 0 Å². The first-order chi connectivity index (χ1) is 14.5. The summed E-state index contributed by atoms with van der Waals surface area (Å²) in [6.45, 7) is 4.77. The number of nitro groups is 1. The van der Waals surface area contributed by atoms with Crippen molar-refractivity contribution in [2.45, 2.75) is 6.42 Å². The molecule has 1 aliphatic heterocycles. The molecule has 2 aromatic carbocycles. The number of nitrogens with zero attached hydrogens (tertiary/aromatic N) is 3. The Morgan fingerprint density at radius 3 is 2.57 bits per heavy atom. The van der Waals surface area contributed by atoms with Gasteiger partial charge in [-0.1, -0.05) is 12.1 Å². The molecule has 0 bridgehead atoms. The standard InChI is InChI=1S/C21H26FN5O3/c1-23-21(28)17-15-16(27(29)30)7-8-19(17)24-9-4-10-25-11-13-26(14-12-25)20-6-3-2-5-18(20)22/h2-3,5-8,15,24H,4,9-14H2,1H3,(H,23,28). The first kappa shape index (κ1) is 21.5. The number of carbonyl (C=O) groups excluding carboxylic acids is 1. The van der Waals surface area contributed by atoms with Gasteiger partial charge in [0.25, 0.3) is 11.6 Å². The first-order valence-corrected chi connectivity index (χ1v) is 9.96. The SMILES string of the molecule is CNC(=O)c1cc([N+](=O)[O-])ccc1NCCCN1CCN(c2ccccc2F)CC1. The second kappa shape index (κ2) is 10.0. The average molecular weight is 415 g/mol. The predicted octanol–water partition coefficient (Wildman–Crippen LogP) is 2.72. The van der Waals surface area contributed by atoms with E-state index in [1.54, 1.807) is 12.1 Å². The van der Waals surface area contributed by atoms with Crippen LogP contribution in [0.4, 0.5) is 21.5 Å². The van der Waals surface area contributed by atoms with Gasteiger partial charge in [-0.2, -0.15) is 0 Å². The Balaban J connectivity index is 1.47. The van der Waals surface area contributed by atoms with Crippen molar-refractivity contribution in [2.75, 3.05) is 56.5 Å². The Morgan fingerprint density at radius 2 is 1.90 bits per heavy atom. The summed E-state index contributed by atoms with van der Waals surface area (Å²) in [6, 6.07) is 11.1. The third-order valence-corrected chi connectivity index (χ3v) is 5.22. The predicted molar refractivity (Wildman–Crippen MR) is 115 cm³/mol. The van der Waals surface area contributed by atoms with Crippen LogP contribution in [0, 0.1) is 15.9 Å². The number of non-ortho nitro benzene ring substituents is 1. The number of para-hydroxylation sites is 1. The zero-order valence-corrected chi connectivity index (χ0v) is 16.9. The molecule has 0 aliphatic carbocycles. The molecule has 1 saturated heterocycles. The molecule has 1 heterocycles. The number of anilines is 2. The van der Waals surface area contributed by atoms with Gasteiger partial charge in [0.2, 0.25) is 0 Å². The fraction of sp³-hybridized carbons (Fsp3) is 0.381. The van der Waals surface area contributed by atoms with Crippen LogP contribution in [0.3, 0.4) is 0 Å². The summed E-state index contributed by atoms with van der Waals surface area (Å²) in [6.07, 6.45) is 0.851. The highest BCUT2D eigenvalue weighted by atomic mass is 19.1. The Morgan fingerprint density at radius 1 is 1.17 bits per heavy atom. The lowest BCUT2D eigenvalue weighted by Crippen LogP contribution is -2.47. The first-order valence-electron chi connectivity index (χ1n) is 9.96. The number of rotatable bonds is 8. The van der Waals surface area contributed by atoms with Gasteiger partial charge in [-0.05, 0) is 31.2 Å². The summed E-state index contributed by atoms with van der Waals surface area (Å²) in [5.74, 6) is -0.560. The van der Waals surface area contributed by atoms with E-state index in [9.17, 15) is 19.3 Å². The van der Waals surface area contributed by atoms with E-state index < -0.39 is 4.92 Å². The molecule has 1 aliphatic rings. The molecule has 0 unspecified atom stereocenters. The Kier molecular flexibility index (Phi) is 7.18. The van der Waals surface area contributed by atoms with E-state index in [4.69, 9.17) is 0 Å². The van der Waals surface area contributed by atoms with Crippen LogP contribution in [0.15, 0.2) is 42.5 Å². The van der Waals surface area contributed by atoms with Crippen molar-refractivity contribution in [3.63, 3.8) is 0 Å². The number of nitrogens with one attached hydrogen (secondary N) is 2. The molecule has 3 rings (SSSR count). The van der Waals surface area contributed by atoms with Crippen LogP contribution in [-0.2, 0) is 0 Å². The maximum Gasteiger partial charge on any atom is 0.270 e. The highest BCUT2D eigenvalue weighted by Gasteiger charge is 2.19. The number of carbonyl (C=O) groups is 1. The molecule has 30 heavy (non-hydrogen) atoms. The van der Waals surface area contributed by atoms with Crippen molar-refractivity contribution in [3.05, 3.63) is 64.0 Å². The summed E-state index contributed by atoms with van der Waals surface area (Å²) in [5.41, 5.74) is 1.36. The Labute approximate surface area is 174 Å². The molecular weight excluding hydrogens is 389 g/mol. The Bertz CT molecular complexity index is 900. The number of amides is 1. The van der Waals surface area contributed by atoms with Gasteiger partial charge in [0, 0.05) is 57.6 Å². The molecular formula is C21H26FN5O3. The summed E-state index contributed by atoms with van der Waals surface area (Å²) in [4.78, 5) is 26.9. The van der Waals surface area contributed by atoms with Crippen LogP contribution in [-0.4, -0.2) is 62.0 Å². The van der Waals surface area contributed by atoms with Gasteiger partial charge >= 0.3 is 0 Å². The van der Waals surface area contributed by atoms with Crippen molar-refractivity contribution < 1.29 is 14.1 Å². The fourth-order valence-corrected chi connectivity index (χ4v) is 3.57. The second-order valence-electron chi connectivity index (χ2n) is 7.13. The minimum Gasteiger partial charge on any atom is -0.384 e. The quantitative estimate of drug-likeness (QED) is 0.391. The highest BCUT2D eigenvalue weighted by Crippen LogP contribution is 2.23. The van der Waals surface area contributed by atoms with Crippen molar-refractivity contribution >= 4 is 23.0 Å². The van der Waals surface area contributed by atoms with Crippen LogP contribution < -0.4 is 15.5 Å². The number of hydrogen-bond donors (Lipinski definition) is 2. The number of nitro benzene ring substituents is 1. The second-order valence-corrected chi connectivity index (χ2v) is 7.13. The minimum absolute atomic E-state index is 0.119. The highest BCUT2D eigenvalue weighted by molar-refractivity contribution is 6.00. The third-order valence-electron chi connectivity index (χ3n) is 5.22. The zero-order chi connectivity index (χ0) is 21.5. The van der Waals surface area contributed by atoms with Crippen molar-refractivity contribution in [1.29, 1.82) is 0 Å². The smallest absolute Gasteiger partial charge is 0.270 e. The monoisotopic (exact) mass is 415 g/mol. The van der Waals surface area contributed by atoms with Gasteiger partial charge in [-0.15, -0.1) is 0 Å². The van der Waals surface area contributed by atoms with Crippen LogP contribution >= 0.6 is 0 Å². The minimum atomic E-state index is -0.517. The maximum absolute atomic E-state index is 13.9. The zero-order valence-electron chi connectivity index (χ0n) is 16.9. The van der Waals surface area contributed by atoms with Gasteiger partial charge in [-0.3, -0.25) is 19.8 Å². The van der Waals surface area contributed by atoms with Crippen LogP contribution in [0.25, 0.3) is 0 Å². The molecule has 0 radical (unpaired) electrons. The lowest BCUT2D eigenvalue weighted by atomic mass is 10.1. The largest absolute Gasteiger partial charge is 0.384 e. The number of benzene rings is 2. The summed E-state index contributed by atoms with van der Waals surface area (Å²) < 4.78 is 13.9. The van der Waals surface area contributed by atoms with Crippen LogP contribution in [0.1, 0.15) is 16.8 Å². The fourth-order valence-electron chi connectivity index (χ4n) is 3.57. The summed E-state index contributed by atoms with van der Waals surface area (Å²) >= 11 is 0.